The van der Waals surface area contributed by atoms with Crippen molar-refractivity contribution >= 4 is 11.8 Å². The lowest BCUT2D eigenvalue weighted by Gasteiger charge is -2.26. The molecule has 2 heterocycles. The monoisotopic (exact) mass is 342 g/mol. The Bertz CT molecular complexity index is 736. The maximum Gasteiger partial charge on any atom is 0.315 e. The van der Waals surface area contributed by atoms with Gasteiger partial charge in [-0.25, -0.2) is 9.78 Å². The Morgan fingerprint density at radius 1 is 1.20 bits per heavy atom. The molecule has 0 aliphatic carbocycles. The number of ether oxygens (including phenoxy) is 2. The van der Waals surface area contributed by atoms with Crippen molar-refractivity contribution in [2.24, 2.45) is 0 Å². The number of benzene rings is 1. The van der Waals surface area contributed by atoms with Gasteiger partial charge >= 0.3 is 6.03 Å². The minimum Gasteiger partial charge on any atom is -0.486 e. The summed E-state index contributed by atoms with van der Waals surface area (Å²) in [6.07, 6.45) is 1.52. The van der Waals surface area contributed by atoms with E-state index in [1.807, 2.05) is 55.4 Å². The number of anilines is 1. The van der Waals surface area contributed by atoms with Gasteiger partial charge in [0.25, 0.3) is 0 Å². The molecule has 0 spiro atoms. The van der Waals surface area contributed by atoms with E-state index in [0.29, 0.717) is 25.4 Å². The summed E-state index contributed by atoms with van der Waals surface area (Å²) in [7, 11) is 3.84. The third-order valence-electron chi connectivity index (χ3n) is 3.79. The molecule has 0 fully saturated rings. The van der Waals surface area contributed by atoms with Crippen LogP contribution in [-0.4, -0.2) is 44.4 Å². The van der Waals surface area contributed by atoms with Crippen molar-refractivity contribution in [3.05, 3.63) is 48.2 Å². The summed E-state index contributed by atoms with van der Waals surface area (Å²) >= 11 is 0. The smallest absolute Gasteiger partial charge is 0.315 e. The molecule has 7 nitrogen and oxygen atoms in total. The normalized spacial score (nSPS) is 15.4. The molecule has 2 N–H and O–H groups in total. The van der Waals surface area contributed by atoms with Crippen molar-refractivity contribution in [2.75, 3.05) is 32.1 Å². The molecule has 3 rings (SSSR count). The van der Waals surface area contributed by atoms with Crippen LogP contribution in [0.3, 0.4) is 0 Å². The maximum absolute atomic E-state index is 12.0. The number of carbonyl (C=O) groups excluding carboxylic acids is 1. The highest BCUT2D eigenvalue weighted by Gasteiger charge is 2.21. The van der Waals surface area contributed by atoms with Gasteiger partial charge in [0.05, 0.1) is 6.54 Å². The fourth-order valence-corrected chi connectivity index (χ4v) is 2.58. The predicted octanol–water partition coefficient (Wildman–Crippen LogP) is 1.79. The lowest BCUT2D eigenvalue weighted by atomic mass is 10.2. The molecule has 0 saturated heterocycles. The van der Waals surface area contributed by atoms with Crippen molar-refractivity contribution in [1.82, 2.24) is 15.6 Å². The highest BCUT2D eigenvalue weighted by atomic mass is 16.6. The summed E-state index contributed by atoms with van der Waals surface area (Å²) in [5.74, 6) is 2.27. The largest absolute Gasteiger partial charge is 0.486 e. The Balaban J connectivity index is 1.46. The fraction of sp³-hybridized carbons (Fsp3) is 0.333. The number of fused-ring (bicyclic) bond motifs is 1. The highest BCUT2D eigenvalue weighted by Crippen LogP contribution is 2.30. The van der Waals surface area contributed by atoms with Gasteiger partial charge in [0.2, 0.25) is 0 Å². The van der Waals surface area contributed by atoms with E-state index in [1.54, 1.807) is 6.20 Å². The second kappa shape index (κ2) is 7.74. The average Bonchev–Trinajstić information content (AvgIpc) is 2.64. The van der Waals surface area contributed by atoms with E-state index in [1.165, 1.54) is 0 Å². The molecular formula is C18H22N4O3. The first kappa shape index (κ1) is 16.9. The summed E-state index contributed by atoms with van der Waals surface area (Å²) < 4.78 is 11.4. The number of urea groups is 1. The van der Waals surface area contributed by atoms with Crippen molar-refractivity contribution in [3.8, 4) is 11.5 Å². The Kier molecular flexibility index (Phi) is 5.23. The number of nitrogens with one attached hydrogen (secondary N) is 2. The molecule has 0 radical (unpaired) electrons. The van der Waals surface area contributed by atoms with Crippen molar-refractivity contribution < 1.29 is 14.3 Å². The third kappa shape index (κ3) is 4.32. The zero-order chi connectivity index (χ0) is 17.6. The lowest BCUT2D eigenvalue weighted by Crippen LogP contribution is -2.44. The molecule has 1 aromatic heterocycles. The summed E-state index contributed by atoms with van der Waals surface area (Å²) in [4.78, 5) is 18.3. The molecule has 1 aromatic carbocycles. The van der Waals surface area contributed by atoms with Gasteiger partial charge in [0.15, 0.2) is 17.6 Å². The predicted molar refractivity (Wildman–Crippen MR) is 95.2 cm³/mol. The standard InChI is InChI=1S/C18H22N4O3/c1-22(2)17-13(6-5-9-19-17)10-20-18(23)21-11-14-12-24-15-7-3-4-8-16(15)25-14/h3-9,14H,10-12H2,1-2H3,(H2,20,21,23)/t14-/m1/s1. The Morgan fingerprint density at radius 2 is 2.00 bits per heavy atom. The summed E-state index contributed by atoms with van der Waals surface area (Å²) in [6.45, 7) is 1.18. The minimum atomic E-state index is -0.254. The number of aromatic nitrogens is 1. The summed E-state index contributed by atoms with van der Waals surface area (Å²) in [5, 5.41) is 5.65. The number of nitrogens with zero attached hydrogens (tertiary/aromatic N) is 2. The molecule has 1 aliphatic rings. The van der Waals surface area contributed by atoms with E-state index in [9.17, 15) is 4.79 Å². The van der Waals surface area contributed by atoms with Gasteiger partial charge in [-0.05, 0) is 18.2 Å². The van der Waals surface area contributed by atoms with Gasteiger partial charge in [-0.3, -0.25) is 0 Å². The van der Waals surface area contributed by atoms with Crippen LogP contribution >= 0.6 is 0 Å². The minimum absolute atomic E-state index is 0.212. The second-order valence-electron chi connectivity index (χ2n) is 5.94. The van der Waals surface area contributed by atoms with Gasteiger partial charge in [0.1, 0.15) is 12.4 Å². The molecule has 25 heavy (non-hydrogen) atoms. The Labute approximate surface area is 147 Å². The molecule has 2 amide bonds. The van der Waals surface area contributed by atoms with Gasteiger partial charge < -0.3 is 25.0 Å². The van der Waals surface area contributed by atoms with Gasteiger partial charge in [-0.15, -0.1) is 0 Å². The van der Waals surface area contributed by atoms with E-state index in [-0.39, 0.29) is 12.1 Å². The topological polar surface area (TPSA) is 75.7 Å². The first-order chi connectivity index (χ1) is 12.1. The van der Waals surface area contributed by atoms with Crippen LogP contribution < -0.4 is 25.0 Å². The van der Waals surface area contributed by atoms with E-state index < -0.39 is 0 Å². The van der Waals surface area contributed by atoms with Crippen LogP contribution in [0.25, 0.3) is 0 Å². The molecule has 0 bridgehead atoms. The number of pyridine rings is 1. The fourth-order valence-electron chi connectivity index (χ4n) is 2.58. The van der Waals surface area contributed by atoms with E-state index in [2.05, 4.69) is 15.6 Å². The first-order valence-corrected chi connectivity index (χ1v) is 8.15. The number of hydrogen-bond acceptors (Lipinski definition) is 5. The quantitative estimate of drug-likeness (QED) is 0.866. The van der Waals surface area contributed by atoms with Gasteiger partial charge in [-0.2, -0.15) is 0 Å². The number of amides is 2. The number of para-hydroxylation sites is 2. The summed E-state index contributed by atoms with van der Waals surface area (Å²) in [5.41, 5.74) is 0.953. The molecule has 0 unspecified atom stereocenters. The van der Waals surface area contributed by atoms with E-state index in [4.69, 9.17) is 9.47 Å². The van der Waals surface area contributed by atoms with Crippen LogP contribution in [0.15, 0.2) is 42.6 Å². The van der Waals surface area contributed by atoms with Gasteiger partial charge in [-0.1, -0.05) is 18.2 Å². The van der Waals surface area contributed by atoms with Crippen LogP contribution in [0.1, 0.15) is 5.56 Å². The van der Waals surface area contributed by atoms with Gasteiger partial charge in [0, 0.05) is 32.4 Å². The molecular weight excluding hydrogens is 320 g/mol. The first-order valence-electron chi connectivity index (χ1n) is 8.15. The van der Waals surface area contributed by atoms with Crippen LogP contribution in [0.4, 0.5) is 10.6 Å². The molecule has 132 valence electrons. The van der Waals surface area contributed by atoms with E-state index >= 15 is 0 Å². The maximum atomic E-state index is 12.0. The summed E-state index contributed by atoms with van der Waals surface area (Å²) in [6, 6.07) is 11.0. The zero-order valence-corrected chi connectivity index (χ0v) is 14.4. The number of hydrogen-bond donors (Lipinski definition) is 2. The lowest BCUT2D eigenvalue weighted by molar-refractivity contribution is 0.0918. The third-order valence-corrected chi connectivity index (χ3v) is 3.79. The Hall–Kier alpha value is -2.96. The van der Waals surface area contributed by atoms with Crippen molar-refractivity contribution in [3.63, 3.8) is 0 Å². The van der Waals surface area contributed by atoms with Crippen LogP contribution in [0.2, 0.25) is 0 Å². The average molecular weight is 342 g/mol. The van der Waals surface area contributed by atoms with Crippen LogP contribution in [0.5, 0.6) is 11.5 Å². The molecule has 2 aromatic rings. The molecule has 0 saturated carbocycles. The van der Waals surface area contributed by atoms with E-state index in [0.717, 1.165) is 17.1 Å². The number of carbonyl (C=O) groups is 1. The van der Waals surface area contributed by atoms with Crippen LogP contribution in [0, 0.1) is 0 Å². The van der Waals surface area contributed by atoms with Crippen LogP contribution in [-0.2, 0) is 6.54 Å². The molecule has 1 atom stereocenters. The molecule has 1 aliphatic heterocycles. The Morgan fingerprint density at radius 3 is 2.80 bits per heavy atom. The SMILES string of the molecule is CN(C)c1ncccc1CNC(=O)NC[C@@H]1COc2ccccc2O1. The number of rotatable bonds is 5. The van der Waals surface area contributed by atoms with Crippen molar-refractivity contribution in [1.29, 1.82) is 0 Å². The zero-order valence-electron chi connectivity index (χ0n) is 14.4. The molecule has 7 heteroatoms. The highest BCUT2D eigenvalue weighted by molar-refractivity contribution is 5.74. The second-order valence-corrected chi connectivity index (χ2v) is 5.94. The van der Waals surface area contributed by atoms with Crippen molar-refractivity contribution in [2.45, 2.75) is 12.6 Å².